The Kier molecular flexibility index (Phi) is 4.76. The first-order valence-corrected chi connectivity index (χ1v) is 7.36. The maximum atomic E-state index is 11.1. The van der Waals surface area contributed by atoms with Crippen molar-refractivity contribution < 1.29 is 14.6 Å². The predicted molar refractivity (Wildman–Crippen MR) is 85.9 cm³/mol. The summed E-state index contributed by atoms with van der Waals surface area (Å²) in [7, 11) is 0. The monoisotopic (exact) mass is 292 g/mol. The van der Waals surface area contributed by atoms with Crippen LogP contribution in [0.2, 0.25) is 0 Å². The van der Waals surface area contributed by atoms with Crippen molar-refractivity contribution in [3.05, 3.63) is 29.8 Å². The number of ether oxygens (including phenoxy) is 1. The molecule has 21 heavy (non-hydrogen) atoms. The van der Waals surface area contributed by atoms with Crippen molar-refractivity contribution in [2.45, 2.75) is 65.9 Å². The normalized spacial score (nSPS) is 13.1. The van der Waals surface area contributed by atoms with E-state index >= 15 is 0 Å². The summed E-state index contributed by atoms with van der Waals surface area (Å²) < 4.78 is 5.53. The third-order valence-corrected chi connectivity index (χ3v) is 3.50. The third-order valence-electron chi connectivity index (χ3n) is 3.50. The van der Waals surface area contributed by atoms with Gasteiger partial charge in [0.25, 0.3) is 0 Å². The lowest BCUT2D eigenvalue weighted by molar-refractivity contribution is -0.152. The smallest absolute Gasteiger partial charge is 0.347 e. The molecule has 1 aromatic carbocycles. The highest BCUT2D eigenvalue weighted by molar-refractivity contribution is 5.76. The van der Waals surface area contributed by atoms with Crippen LogP contribution in [0.3, 0.4) is 0 Å². The fourth-order valence-electron chi connectivity index (χ4n) is 2.74. The van der Waals surface area contributed by atoms with E-state index in [-0.39, 0.29) is 10.8 Å². The van der Waals surface area contributed by atoms with Crippen LogP contribution in [-0.2, 0) is 10.2 Å². The molecule has 0 unspecified atom stereocenters. The summed E-state index contributed by atoms with van der Waals surface area (Å²) >= 11 is 0. The topological polar surface area (TPSA) is 46.5 Å². The number of aliphatic carboxylic acids is 1. The molecule has 0 aliphatic rings. The molecule has 1 rings (SSSR count). The number of benzene rings is 1. The molecule has 0 spiro atoms. The Labute approximate surface area is 128 Å². The minimum Gasteiger partial charge on any atom is -0.478 e. The summed E-state index contributed by atoms with van der Waals surface area (Å²) in [6, 6.07) is 7.76. The van der Waals surface area contributed by atoms with Crippen LogP contribution in [0.15, 0.2) is 24.3 Å². The van der Waals surface area contributed by atoms with Gasteiger partial charge < -0.3 is 9.84 Å². The van der Waals surface area contributed by atoms with Crippen LogP contribution in [0.5, 0.6) is 5.75 Å². The van der Waals surface area contributed by atoms with Gasteiger partial charge in [0.1, 0.15) is 5.75 Å². The van der Waals surface area contributed by atoms with Crippen LogP contribution in [0, 0.1) is 5.41 Å². The van der Waals surface area contributed by atoms with E-state index in [0.29, 0.717) is 5.75 Å². The van der Waals surface area contributed by atoms with Crippen LogP contribution >= 0.6 is 0 Å². The number of hydrogen-bond acceptors (Lipinski definition) is 2. The molecular formula is C18H28O3. The number of carboxylic acids is 1. The molecule has 0 saturated carbocycles. The van der Waals surface area contributed by atoms with E-state index in [1.165, 1.54) is 5.56 Å². The van der Waals surface area contributed by atoms with Gasteiger partial charge in [-0.15, -0.1) is 0 Å². The molecule has 1 aromatic rings. The van der Waals surface area contributed by atoms with Crippen LogP contribution in [0.25, 0.3) is 0 Å². The quantitative estimate of drug-likeness (QED) is 0.859. The first-order chi connectivity index (χ1) is 9.33. The van der Waals surface area contributed by atoms with E-state index in [9.17, 15) is 4.79 Å². The summed E-state index contributed by atoms with van der Waals surface area (Å²) in [4.78, 5) is 11.1. The van der Waals surface area contributed by atoms with Crippen molar-refractivity contribution in [2.75, 3.05) is 0 Å². The van der Waals surface area contributed by atoms with Crippen molar-refractivity contribution in [3.63, 3.8) is 0 Å². The Bertz CT molecular complexity index is 490. The highest BCUT2D eigenvalue weighted by atomic mass is 16.5. The Hall–Kier alpha value is -1.51. The molecule has 0 heterocycles. The number of carboxylic acid groups (broad SMARTS) is 1. The lowest BCUT2D eigenvalue weighted by Gasteiger charge is -2.33. The lowest BCUT2D eigenvalue weighted by atomic mass is 9.72. The number of hydrogen-bond donors (Lipinski definition) is 1. The molecule has 0 bridgehead atoms. The standard InChI is InChI=1S/C18H28O3/c1-16(2,3)12-17(4,5)13-8-10-14(11-9-13)21-18(6,7)15(19)20/h8-11H,12H2,1-7H3,(H,19,20). The van der Waals surface area contributed by atoms with E-state index in [4.69, 9.17) is 9.84 Å². The highest BCUT2D eigenvalue weighted by Crippen LogP contribution is 2.36. The Morgan fingerprint density at radius 2 is 1.48 bits per heavy atom. The zero-order chi connectivity index (χ0) is 16.5. The summed E-state index contributed by atoms with van der Waals surface area (Å²) in [6.45, 7) is 14.3. The van der Waals surface area contributed by atoms with Gasteiger partial charge >= 0.3 is 5.97 Å². The summed E-state index contributed by atoms with van der Waals surface area (Å²) in [5, 5.41) is 9.09. The fourth-order valence-corrected chi connectivity index (χ4v) is 2.74. The van der Waals surface area contributed by atoms with Crippen molar-refractivity contribution in [1.82, 2.24) is 0 Å². The first kappa shape index (κ1) is 17.5. The van der Waals surface area contributed by atoms with Gasteiger partial charge in [0.15, 0.2) is 5.60 Å². The largest absolute Gasteiger partial charge is 0.478 e. The maximum Gasteiger partial charge on any atom is 0.347 e. The maximum absolute atomic E-state index is 11.1. The molecule has 118 valence electrons. The van der Waals surface area contributed by atoms with Gasteiger partial charge in [0, 0.05) is 0 Å². The number of rotatable bonds is 5. The zero-order valence-corrected chi connectivity index (χ0v) is 14.3. The second kappa shape index (κ2) is 5.70. The number of carbonyl (C=O) groups is 1. The molecule has 0 atom stereocenters. The molecule has 0 amide bonds. The summed E-state index contributed by atoms with van der Waals surface area (Å²) in [6.07, 6.45) is 1.07. The van der Waals surface area contributed by atoms with E-state index in [1.54, 1.807) is 13.8 Å². The molecule has 0 fully saturated rings. The van der Waals surface area contributed by atoms with Crippen LogP contribution in [-0.4, -0.2) is 16.7 Å². The van der Waals surface area contributed by atoms with E-state index in [0.717, 1.165) is 6.42 Å². The molecule has 3 heteroatoms. The molecule has 0 radical (unpaired) electrons. The van der Waals surface area contributed by atoms with Gasteiger partial charge in [-0.25, -0.2) is 4.79 Å². The molecule has 3 nitrogen and oxygen atoms in total. The van der Waals surface area contributed by atoms with Gasteiger partial charge in [0.05, 0.1) is 0 Å². The Morgan fingerprint density at radius 1 is 1.00 bits per heavy atom. The third kappa shape index (κ3) is 5.07. The van der Waals surface area contributed by atoms with Gasteiger partial charge in [-0.05, 0) is 48.8 Å². The molecule has 0 aromatic heterocycles. The summed E-state index contributed by atoms with van der Waals surface area (Å²) in [5.41, 5.74) is 0.337. The zero-order valence-electron chi connectivity index (χ0n) is 14.3. The lowest BCUT2D eigenvalue weighted by Crippen LogP contribution is -2.37. The van der Waals surface area contributed by atoms with Crippen molar-refractivity contribution in [2.24, 2.45) is 5.41 Å². The molecule has 1 N–H and O–H groups in total. The highest BCUT2D eigenvalue weighted by Gasteiger charge is 2.30. The molecular weight excluding hydrogens is 264 g/mol. The molecule has 0 saturated heterocycles. The van der Waals surface area contributed by atoms with Gasteiger partial charge in [-0.3, -0.25) is 0 Å². The predicted octanol–water partition coefficient (Wildman–Crippen LogP) is 4.64. The Balaban J connectivity index is 2.90. The van der Waals surface area contributed by atoms with Crippen LogP contribution in [0.1, 0.15) is 60.5 Å². The van der Waals surface area contributed by atoms with Gasteiger partial charge in [-0.2, -0.15) is 0 Å². The fraction of sp³-hybridized carbons (Fsp3) is 0.611. The molecule has 0 aliphatic carbocycles. The SMILES string of the molecule is CC(C)(C)CC(C)(C)c1ccc(OC(C)(C)C(=O)O)cc1. The molecule has 0 aliphatic heterocycles. The minimum absolute atomic E-state index is 0.0685. The summed E-state index contributed by atoms with van der Waals surface area (Å²) in [5.74, 6) is -0.391. The van der Waals surface area contributed by atoms with E-state index < -0.39 is 11.6 Å². The van der Waals surface area contributed by atoms with Crippen molar-refractivity contribution in [3.8, 4) is 5.75 Å². The van der Waals surface area contributed by atoms with Gasteiger partial charge in [-0.1, -0.05) is 46.8 Å². The van der Waals surface area contributed by atoms with Gasteiger partial charge in [0.2, 0.25) is 0 Å². The Morgan fingerprint density at radius 3 is 1.86 bits per heavy atom. The second-order valence-corrected chi connectivity index (χ2v) is 8.06. The average molecular weight is 292 g/mol. The van der Waals surface area contributed by atoms with Crippen molar-refractivity contribution >= 4 is 5.97 Å². The minimum atomic E-state index is -1.22. The van der Waals surface area contributed by atoms with E-state index in [1.807, 2.05) is 24.3 Å². The van der Waals surface area contributed by atoms with Crippen molar-refractivity contribution in [1.29, 1.82) is 0 Å². The van der Waals surface area contributed by atoms with Crippen LogP contribution < -0.4 is 4.74 Å². The second-order valence-electron chi connectivity index (χ2n) is 8.06. The first-order valence-electron chi connectivity index (χ1n) is 7.36. The van der Waals surface area contributed by atoms with Crippen LogP contribution in [0.4, 0.5) is 0 Å². The van der Waals surface area contributed by atoms with E-state index in [2.05, 4.69) is 34.6 Å². The average Bonchev–Trinajstić information content (AvgIpc) is 2.25.